The van der Waals surface area contributed by atoms with Crippen LogP contribution in [0.15, 0.2) is 12.1 Å². The summed E-state index contributed by atoms with van der Waals surface area (Å²) in [5, 5.41) is 0. The second-order valence-corrected chi connectivity index (χ2v) is 4.65. The highest BCUT2D eigenvalue weighted by molar-refractivity contribution is 7.80. The summed E-state index contributed by atoms with van der Waals surface area (Å²) in [6.45, 7) is 0.338. The molecule has 17 heavy (non-hydrogen) atoms. The van der Waals surface area contributed by atoms with Gasteiger partial charge in [0.2, 0.25) is 0 Å². The molecule has 0 saturated heterocycles. The fraction of sp³-hybridized carbons (Fsp3) is 0.417. The highest BCUT2D eigenvalue weighted by atomic mass is 32.1. The van der Waals surface area contributed by atoms with Crippen LogP contribution in [0.4, 0.5) is 8.78 Å². The Bertz CT molecular complexity index is 423. The minimum absolute atomic E-state index is 0.0349. The van der Waals surface area contributed by atoms with E-state index < -0.39 is 11.6 Å². The lowest BCUT2D eigenvalue weighted by Gasteiger charge is -2.09. The maximum atomic E-state index is 13.5. The lowest BCUT2D eigenvalue weighted by atomic mass is 10.2. The number of benzene rings is 1. The topological polar surface area (TPSA) is 35.2 Å². The van der Waals surface area contributed by atoms with Crippen molar-refractivity contribution in [3.63, 3.8) is 0 Å². The maximum Gasteiger partial charge on any atom is 0.190 e. The standard InChI is InChI=1S/C12H13F2NOS/c13-9-5-8(12(15)17)6-10(14)11(9)16-4-3-7-1-2-7/h5-7H,1-4H2,(H2,15,17). The Morgan fingerprint density at radius 3 is 2.41 bits per heavy atom. The number of rotatable bonds is 5. The number of halogens is 2. The fourth-order valence-electron chi connectivity index (χ4n) is 1.57. The molecule has 0 spiro atoms. The molecule has 1 aromatic rings. The Morgan fingerprint density at radius 1 is 1.35 bits per heavy atom. The van der Waals surface area contributed by atoms with Crippen molar-refractivity contribution in [1.29, 1.82) is 0 Å². The Labute approximate surface area is 104 Å². The van der Waals surface area contributed by atoms with Crippen LogP contribution in [0.5, 0.6) is 5.75 Å². The molecule has 92 valence electrons. The summed E-state index contributed by atoms with van der Waals surface area (Å²) in [4.78, 5) is -0.0349. The van der Waals surface area contributed by atoms with Gasteiger partial charge in [0.1, 0.15) is 4.99 Å². The van der Waals surface area contributed by atoms with Crippen LogP contribution in [-0.4, -0.2) is 11.6 Å². The Morgan fingerprint density at radius 2 is 1.94 bits per heavy atom. The zero-order chi connectivity index (χ0) is 12.4. The predicted molar refractivity (Wildman–Crippen MR) is 65.1 cm³/mol. The summed E-state index contributed by atoms with van der Waals surface area (Å²) in [7, 11) is 0. The summed E-state index contributed by atoms with van der Waals surface area (Å²) in [6.07, 6.45) is 3.22. The van der Waals surface area contributed by atoms with E-state index in [-0.39, 0.29) is 16.3 Å². The van der Waals surface area contributed by atoms with Crippen molar-refractivity contribution in [3.05, 3.63) is 29.3 Å². The van der Waals surface area contributed by atoms with E-state index in [1.165, 1.54) is 12.8 Å². The first-order chi connectivity index (χ1) is 8.08. The number of ether oxygens (including phenoxy) is 1. The zero-order valence-corrected chi connectivity index (χ0v) is 10.0. The van der Waals surface area contributed by atoms with Gasteiger partial charge in [-0.05, 0) is 24.5 Å². The van der Waals surface area contributed by atoms with E-state index in [1.54, 1.807) is 0 Å². The van der Waals surface area contributed by atoms with Gasteiger partial charge in [-0.2, -0.15) is 0 Å². The molecule has 1 saturated carbocycles. The largest absolute Gasteiger partial charge is 0.488 e. The van der Waals surface area contributed by atoms with Crippen LogP contribution in [0, 0.1) is 17.6 Å². The third-order valence-corrected chi connectivity index (χ3v) is 2.99. The molecule has 0 bridgehead atoms. The highest BCUT2D eigenvalue weighted by Gasteiger charge is 2.21. The summed E-state index contributed by atoms with van der Waals surface area (Å²) in [5.74, 6) is -1.20. The third-order valence-electron chi connectivity index (χ3n) is 2.75. The van der Waals surface area contributed by atoms with Crippen molar-refractivity contribution in [1.82, 2.24) is 0 Å². The monoisotopic (exact) mass is 257 g/mol. The molecule has 0 amide bonds. The fourth-order valence-corrected chi connectivity index (χ4v) is 1.69. The minimum atomic E-state index is -0.761. The molecule has 0 unspecified atom stereocenters. The van der Waals surface area contributed by atoms with Gasteiger partial charge in [-0.25, -0.2) is 8.78 Å². The molecule has 0 atom stereocenters. The average molecular weight is 257 g/mol. The maximum absolute atomic E-state index is 13.5. The Balaban J connectivity index is 2.07. The van der Waals surface area contributed by atoms with Gasteiger partial charge in [-0.3, -0.25) is 0 Å². The second kappa shape index (κ2) is 4.96. The summed E-state index contributed by atoms with van der Waals surface area (Å²) in [5.41, 5.74) is 5.48. The van der Waals surface area contributed by atoms with Crippen molar-refractivity contribution in [3.8, 4) is 5.75 Å². The normalized spacial score (nSPS) is 14.7. The molecule has 5 heteroatoms. The highest BCUT2D eigenvalue weighted by Crippen LogP contribution is 2.32. The van der Waals surface area contributed by atoms with Crippen LogP contribution < -0.4 is 10.5 Å². The van der Waals surface area contributed by atoms with E-state index in [0.717, 1.165) is 18.6 Å². The quantitative estimate of drug-likeness (QED) is 0.824. The van der Waals surface area contributed by atoms with Crippen LogP contribution in [-0.2, 0) is 0 Å². The van der Waals surface area contributed by atoms with Crippen LogP contribution >= 0.6 is 12.2 Å². The van der Waals surface area contributed by atoms with E-state index in [2.05, 4.69) is 12.2 Å². The van der Waals surface area contributed by atoms with Crippen LogP contribution in [0.2, 0.25) is 0 Å². The van der Waals surface area contributed by atoms with Gasteiger partial charge >= 0.3 is 0 Å². The summed E-state index contributed by atoms with van der Waals surface area (Å²) < 4.78 is 32.2. The molecule has 1 aliphatic rings. The predicted octanol–water partition coefficient (Wildman–Crippen LogP) is 2.78. The third kappa shape index (κ3) is 3.12. The molecular formula is C12H13F2NOS. The SMILES string of the molecule is NC(=S)c1cc(F)c(OCCC2CC2)c(F)c1. The van der Waals surface area contributed by atoms with Crippen LogP contribution in [0.1, 0.15) is 24.8 Å². The smallest absolute Gasteiger partial charge is 0.190 e. The van der Waals surface area contributed by atoms with E-state index in [0.29, 0.717) is 12.5 Å². The van der Waals surface area contributed by atoms with Crippen LogP contribution in [0.3, 0.4) is 0 Å². The van der Waals surface area contributed by atoms with E-state index in [9.17, 15) is 8.78 Å². The minimum Gasteiger partial charge on any atom is -0.488 e. The van der Waals surface area contributed by atoms with Crippen molar-refractivity contribution >= 4 is 17.2 Å². The van der Waals surface area contributed by atoms with Gasteiger partial charge in [0.25, 0.3) is 0 Å². The van der Waals surface area contributed by atoms with Crippen molar-refractivity contribution in [2.24, 2.45) is 11.7 Å². The molecule has 2 N–H and O–H groups in total. The van der Waals surface area contributed by atoms with Gasteiger partial charge in [0.05, 0.1) is 6.61 Å². The lowest BCUT2D eigenvalue weighted by molar-refractivity contribution is 0.273. The van der Waals surface area contributed by atoms with Gasteiger partial charge in [-0.1, -0.05) is 25.1 Å². The van der Waals surface area contributed by atoms with Crippen molar-refractivity contribution in [2.75, 3.05) is 6.61 Å². The number of hydrogen-bond acceptors (Lipinski definition) is 2. The van der Waals surface area contributed by atoms with Crippen molar-refractivity contribution in [2.45, 2.75) is 19.3 Å². The average Bonchev–Trinajstić information content (AvgIpc) is 3.05. The first-order valence-corrected chi connectivity index (χ1v) is 5.90. The molecule has 0 aromatic heterocycles. The summed E-state index contributed by atoms with van der Waals surface area (Å²) in [6, 6.07) is 2.19. The van der Waals surface area contributed by atoms with Gasteiger partial charge in [0.15, 0.2) is 17.4 Å². The number of nitrogens with two attached hydrogens (primary N) is 1. The second-order valence-electron chi connectivity index (χ2n) is 4.21. The number of hydrogen-bond donors (Lipinski definition) is 1. The molecule has 2 rings (SSSR count). The van der Waals surface area contributed by atoms with E-state index in [4.69, 9.17) is 10.5 Å². The molecule has 0 radical (unpaired) electrons. The number of thiocarbonyl (C=S) groups is 1. The first kappa shape index (κ1) is 12.2. The van der Waals surface area contributed by atoms with Crippen molar-refractivity contribution < 1.29 is 13.5 Å². The van der Waals surface area contributed by atoms with Gasteiger partial charge in [0, 0.05) is 5.56 Å². The molecule has 0 aliphatic heterocycles. The molecule has 1 fully saturated rings. The van der Waals surface area contributed by atoms with Gasteiger partial charge in [-0.15, -0.1) is 0 Å². The summed E-state index contributed by atoms with van der Waals surface area (Å²) >= 11 is 4.66. The Kier molecular flexibility index (Phi) is 3.57. The zero-order valence-electron chi connectivity index (χ0n) is 9.21. The Hall–Kier alpha value is -1.23. The molecule has 2 nitrogen and oxygen atoms in total. The van der Waals surface area contributed by atoms with E-state index >= 15 is 0 Å². The van der Waals surface area contributed by atoms with E-state index in [1.807, 2.05) is 0 Å². The van der Waals surface area contributed by atoms with Crippen LogP contribution in [0.25, 0.3) is 0 Å². The molecule has 0 heterocycles. The molecule has 1 aliphatic carbocycles. The molecule has 1 aromatic carbocycles. The van der Waals surface area contributed by atoms with Gasteiger partial charge < -0.3 is 10.5 Å². The molecular weight excluding hydrogens is 244 g/mol. The first-order valence-electron chi connectivity index (χ1n) is 5.49. The lowest BCUT2D eigenvalue weighted by Crippen LogP contribution is -2.11.